The van der Waals surface area contributed by atoms with Gasteiger partial charge >= 0.3 is 21.7 Å². The van der Waals surface area contributed by atoms with Gasteiger partial charge in [0.15, 0.2) is 0 Å². The number of anilines is 2. The molecule has 2 aliphatic carbocycles. The first-order chi connectivity index (χ1) is 20.3. The van der Waals surface area contributed by atoms with E-state index in [-0.39, 0.29) is 44.9 Å². The van der Waals surface area contributed by atoms with Crippen molar-refractivity contribution >= 4 is 23.2 Å². The smallest absolute Gasteiger partial charge is 0.377 e. The molecule has 4 nitrogen and oxygen atoms in total. The molecular weight excluding hydrogens is 592 g/mol. The largest absolute Gasteiger partial charge is 4.00 e. The Hall–Kier alpha value is -3.23. The van der Waals surface area contributed by atoms with Crippen LogP contribution in [-0.2, 0) is 31.3 Å². The molecule has 2 aromatic carbocycles. The molecule has 0 heterocycles. The van der Waals surface area contributed by atoms with Crippen LogP contribution in [-0.4, -0.2) is 11.8 Å². The van der Waals surface area contributed by atoms with E-state index in [0.29, 0.717) is 12.8 Å². The van der Waals surface area contributed by atoms with Crippen LogP contribution in [0.3, 0.4) is 0 Å². The molecule has 2 aromatic rings. The summed E-state index contributed by atoms with van der Waals surface area (Å²) in [5, 5.41) is 4.77. The summed E-state index contributed by atoms with van der Waals surface area (Å²) in [4.78, 5) is 22.7. The van der Waals surface area contributed by atoms with Gasteiger partial charge in [0.05, 0.1) is 0 Å². The van der Waals surface area contributed by atoms with Crippen LogP contribution in [0.15, 0.2) is 60.7 Å². The summed E-state index contributed by atoms with van der Waals surface area (Å²) < 4.78 is 51.2. The number of amides is 2. The Kier molecular flexibility index (Phi) is 23.4. The maximum absolute atomic E-state index is 13.1. The van der Waals surface area contributed by atoms with Crippen molar-refractivity contribution in [3.8, 4) is 0 Å². The fraction of sp³-hybridized carbons (Fsp3) is 0.353. The molecule has 9 heteroatoms. The molecule has 0 fully saturated rings. The molecule has 0 aromatic heterocycles. The zero-order chi connectivity index (χ0) is 31.0. The third kappa shape index (κ3) is 20.3. The number of rotatable bonds is 10. The van der Waals surface area contributed by atoms with Gasteiger partial charge in [-0.15, -0.1) is 49.2 Å². The van der Waals surface area contributed by atoms with E-state index in [4.69, 9.17) is 0 Å². The number of carbonyl (C=O) groups excluding carboxylic acids is 2. The quantitative estimate of drug-likeness (QED) is 0.119. The Morgan fingerprint density at radius 1 is 0.674 bits per heavy atom. The van der Waals surface area contributed by atoms with Crippen LogP contribution in [0.5, 0.6) is 0 Å². The summed E-state index contributed by atoms with van der Waals surface area (Å²) in [5.74, 6) is -3.81. The van der Waals surface area contributed by atoms with Gasteiger partial charge in [-0.25, -0.2) is 41.9 Å². The van der Waals surface area contributed by atoms with Crippen molar-refractivity contribution in [3.63, 3.8) is 0 Å². The van der Waals surface area contributed by atoms with E-state index in [1.165, 1.54) is 12.1 Å². The molecule has 0 atom stereocenters. The van der Waals surface area contributed by atoms with Crippen LogP contribution in [0.25, 0.3) is 0 Å². The summed E-state index contributed by atoms with van der Waals surface area (Å²) in [7, 11) is 0. The summed E-state index contributed by atoms with van der Waals surface area (Å²) in [5.41, 5.74) is -0.0502. The van der Waals surface area contributed by atoms with Crippen molar-refractivity contribution in [2.75, 3.05) is 10.6 Å². The molecule has 0 aliphatic heterocycles. The fourth-order valence-electron chi connectivity index (χ4n) is 3.26. The Morgan fingerprint density at radius 3 is 1.33 bits per heavy atom. The van der Waals surface area contributed by atoms with Crippen LogP contribution < -0.4 is 10.6 Å². The zero-order valence-electron chi connectivity index (χ0n) is 24.7. The van der Waals surface area contributed by atoms with E-state index in [1.54, 1.807) is 0 Å². The van der Waals surface area contributed by atoms with Gasteiger partial charge in [0.1, 0.15) is 0 Å². The number of allylic oxidation sites excluding steroid dienone is 8. The van der Waals surface area contributed by atoms with Crippen molar-refractivity contribution in [2.45, 2.75) is 78.1 Å². The second-order valence-electron chi connectivity index (χ2n) is 9.08. The van der Waals surface area contributed by atoms with Crippen LogP contribution in [0.4, 0.5) is 28.9 Å². The maximum atomic E-state index is 13.1. The second-order valence-corrected chi connectivity index (χ2v) is 9.08. The van der Waals surface area contributed by atoms with Gasteiger partial charge in [-0.1, -0.05) is 39.5 Å². The van der Waals surface area contributed by atoms with E-state index in [9.17, 15) is 27.2 Å². The molecule has 43 heavy (non-hydrogen) atoms. The second kappa shape index (κ2) is 25.3. The first kappa shape index (κ1) is 39.8. The van der Waals surface area contributed by atoms with Crippen molar-refractivity contribution in [3.05, 3.63) is 108 Å². The Balaban J connectivity index is 0.000000608. The van der Waals surface area contributed by atoms with Crippen molar-refractivity contribution in [1.82, 2.24) is 0 Å². The van der Waals surface area contributed by atoms with Crippen LogP contribution in [0, 0.1) is 47.6 Å². The Morgan fingerprint density at radius 2 is 1.07 bits per heavy atom. The minimum Gasteiger partial charge on any atom is -0.377 e. The third-order valence-corrected chi connectivity index (χ3v) is 5.46. The molecule has 2 aliphatic rings. The molecule has 0 radical (unpaired) electrons. The number of benzene rings is 2. The topological polar surface area (TPSA) is 58.2 Å². The molecule has 4 rings (SSSR count). The zero-order valence-corrected chi connectivity index (χ0v) is 26.2. The molecule has 0 saturated carbocycles. The SMILES string of the molecule is CCCCCC(=O)Nc1ccc(F)[c-]c1F.CCCCCC(=O)Nc1ccc(F)[c-]c1F.[C-]1=CC=CC1.[C-]1=CC=CC1.[Ti+4]. The van der Waals surface area contributed by atoms with Crippen molar-refractivity contribution < 1.29 is 48.9 Å². The van der Waals surface area contributed by atoms with Crippen molar-refractivity contribution in [1.29, 1.82) is 0 Å². The normalized spacial score (nSPS) is 11.7. The number of halogens is 4. The maximum Gasteiger partial charge on any atom is 4.00 e. The summed E-state index contributed by atoms with van der Waals surface area (Å²) >= 11 is 0. The molecule has 0 bridgehead atoms. The van der Waals surface area contributed by atoms with E-state index in [0.717, 1.165) is 63.5 Å². The van der Waals surface area contributed by atoms with E-state index >= 15 is 0 Å². The van der Waals surface area contributed by atoms with Gasteiger partial charge in [-0.05, 0) is 24.2 Å². The Bertz CT molecular complexity index is 1100. The minimum atomic E-state index is -0.871. The molecule has 2 amide bonds. The summed E-state index contributed by atoms with van der Waals surface area (Å²) in [6.45, 7) is 4.07. The monoisotopic (exact) mass is 630 g/mol. The average Bonchev–Trinajstić information content (AvgIpc) is 3.73. The number of hydrogen-bond donors (Lipinski definition) is 2. The molecule has 0 spiro atoms. The van der Waals surface area contributed by atoms with Gasteiger partial charge < -0.3 is 10.6 Å². The first-order valence-corrected chi connectivity index (χ1v) is 14.0. The number of nitrogens with one attached hydrogen (secondary N) is 2. The Labute approximate surface area is 268 Å². The standard InChI is InChI=1S/2C12H14F2NO.2C5H5.Ti/c2*1-2-3-4-5-12(16)15-11-7-6-9(13)8-10(11)14;2*1-2-4-5-3-1;/h2*6-7H,2-5H2,1H3,(H,15,16);2*1-3H,4H2;/q4*-1;+4. The molecule has 2 N–H and O–H groups in total. The van der Waals surface area contributed by atoms with E-state index in [1.807, 2.05) is 50.3 Å². The first-order valence-electron chi connectivity index (χ1n) is 14.0. The molecule has 228 valence electrons. The van der Waals surface area contributed by atoms with E-state index in [2.05, 4.69) is 34.9 Å². The predicted octanol–water partition coefficient (Wildman–Crippen LogP) is 9.18. The number of hydrogen-bond acceptors (Lipinski definition) is 2. The molecule has 0 saturated heterocycles. The molecule has 0 unspecified atom stereocenters. The van der Waals surface area contributed by atoms with Gasteiger partial charge in [0.25, 0.3) is 0 Å². The average molecular weight is 631 g/mol. The summed E-state index contributed by atoms with van der Waals surface area (Å²) in [6.07, 6.45) is 26.2. The van der Waals surface area contributed by atoms with Crippen molar-refractivity contribution in [2.24, 2.45) is 0 Å². The predicted molar refractivity (Wildman–Crippen MR) is 159 cm³/mol. The fourth-order valence-corrected chi connectivity index (χ4v) is 3.26. The minimum absolute atomic E-state index is 0. The van der Waals surface area contributed by atoms with Crippen LogP contribution in [0.1, 0.15) is 78.1 Å². The third-order valence-electron chi connectivity index (χ3n) is 5.46. The number of unbranched alkanes of at least 4 members (excludes halogenated alkanes) is 4. The molecular formula is C34H38F4N2O2Ti. The summed E-state index contributed by atoms with van der Waals surface area (Å²) in [6, 6.07) is 8.23. The van der Waals surface area contributed by atoms with Crippen LogP contribution >= 0.6 is 0 Å². The van der Waals surface area contributed by atoms with Gasteiger partial charge in [0, 0.05) is 36.1 Å². The van der Waals surface area contributed by atoms with Gasteiger partial charge in [0.2, 0.25) is 11.8 Å². The van der Waals surface area contributed by atoms with Gasteiger partial charge in [-0.2, -0.15) is 12.2 Å². The van der Waals surface area contributed by atoms with E-state index < -0.39 is 23.3 Å². The van der Waals surface area contributed by atoms with Crippen LogP contribution in [0.2, 0.25) is 0 Å². The number of carbonyl (C=O) groups is 2. The van der Waals surface area contributed by atoms with Gasteiger partial charge in [-0.3, -0.25) is 21.7 Å².